The van der Waals surface area contributed by atoms with Crippen LogP contribution in [0.5, 0.6) is 17.2 Å². The van der Waals surface area contributed by atoms with Crippen molar-refractivity contribution in [3.8, 4) is 28.4 Å². The van der Waals surface area contributed by atoms with Crippen LogP contribution in [-0.2, 0) is 13.2 Å². The molecule has 1 atom stereocenters. The zero-order chi connectivity index (χ0) is 34.3. The molecule has 0 saturated heterocycles. The summed E-state index contributed by atoms with van der Waals surface area (Å²) in [6, 6.07) is 46.7. The molecule has 246 valence electrons. The second-order valence-electron chi connectivity index (χ2n) is 12.3. The first-order valence-corrected chi connectivity index (χ1v) is 16.7. The van der Waals surface area contributed by atoms with Crippen molar-refractivity contribution in [3.63, 3.8) is 0 Å². The average molecular weight is 657 g/mol. The highest BCUT2D eigenvalue weighted by Gasteiger charge is 2.33. The third-order valence-electron chi connectivity index (χ3n) is 8.77. The maximum absolute atomic E-state index is 14.0. The van der Waals surface area contributed by atoms with E-state index in [9.17, 15) is 9.59 Å². The summed E-state index contributed by atoms with van der Waals surface area (Å²) in [5.41, 5.74) is 6.99. The Morgan fingerprint density at radius 1 is 0.700 bits per heavy atom. The Morgan fingerprint density at radius 2 is 1.24 bits per heavy atom. The van der Waals surface area contributed by atoms with E-state index >= 15 is 0 Å². The van der Waals surface area contributed by atoms with Gasteiger partial charge in [-0.15, -0.1) is 0 Å². The lowest BCUT2D eigenvalue weighted by Crippen LogP contribution is -2.22. The number of ketones is 2. The van der Waals surface area contributed by atoms with Gasteiger partial charge in [-0.2, -0.15) is 0 Å². The van der Waals surface area contributed by atoms with E-state index in [2.05, 4.69) is 0 Å². The number of hydrogen-bond acceptors (Lipinski definition) is 5. The fraction of sp³-hybridized carbons (Fsp3) is 0.111. The molecule has 1 unspecified atom stereocenters. The van der Waals surface area contributed by atoms with Crippen LogP contribution in [0, 0.1) is 6.92 Å². The number of ether oxygens (including phenoxy) is 3. The minimum Gasteiger partial charge on any atom is -0.489 e. The van der Waals surface area contributed by atoms with E-state index in [-0.39, 0.29) is 18.0 Å². The lowest BCUT2D eigenvalue weighted by Gasteiger charge is -2.29. The van der Waals surface area contributed by atoms with Gasteiger partial charge in [0.05, 0.1) is 12.0 Å². The number of aryl methyl sites for hydroxylation is 1. The predicted molar refractivity (Wildman–Crippen MR) is 197 cm³/mol. The van der Waals surface area contributed by atoms with Crippen LogP contribution in [0.2, 0.25) is 0 Å². The fourth-order valence-corrected chi connectivity index (χ4v) is 6.21. The van der Waals surface area contributed by atoms with Crippen LogP contribution in [0.25, 0.3) is 17.2 Å². The molecule has 1 aliphatic heterocycles. The van der Waals surface area contributed by atoms with Crippen molar-refractivity contribution in [3.05, 3.63) is 191 Å². The quantitative estimate of drug-likeness (QED) is 0.103. The zero-order valence-electron chi connectivity index (χ0n) is 27.8. The van der Waals surface area contributed by atoms with Crippen LogP contribution in [-0.4, -0.2) is 11.6 Å². The average Bonchev–Trinajstić information content (AvgIpc) is 3.16. The van der Waals surface area contributed by atoms with Crippen LogP contribution >= 0.6 is 0 Å². The van der Waals surface area contributed by atoms with Crippen molar-refractivity contribution in [2.24, 2.45) is 0 Å². The van der Waals surface area contributed by atoms with Gasteiger partial charge in [-0.1, -0.05) is 121 Å². The van der Waals surface area contributed by atoms with Gasteiger partial charge >= 0.3 is 0 Å². The molecular formula is C45H36O5. The molecule has 0 spiro atoms. The highest BCUT2D eigenvalue weighted by Crippen LogP contribution is 2.43. The SMILES string of the molecule is Cc1cc2c(c(-c3ccccc3)c1C(=O)/C=C/c1ccc(OCc3ccccc3)cc1)C(=O)CC(c1ccc(OCc3ccccc3)cc1)O2. The Bertz CT molecular complexity index is 2120. The Labute approximate surface area is 292 Å². The smallest absolute Gasteiger partial charge is 0.186 e. The van der Waals surface area contributed by atoms with Crippen LogP contribution in [0.3, 0.4) is 0 Å². The van der Waals surface area contributed by atoms with Gasteiger partial charge in [0.25, 0.3) is 0 Å². The molecule has 0 bridgehead atoms. The molecule has 50 heavy (non-hydrogen) atoms. The molecule has 5 nitrogen and oxygen atoms in total. The summed E-state index contributed by atoms with van der Waals surface area (Å²) < 4.78 is 18.4. The fourth-order valence-electron chi connectivity index (χ4n) is 6.21. The molecule has 0 saturated carbocycles. The lowest BCUT2D eigenvalue weighted by atomic mass is 9.84. The first kappa shape index (κ1) is 32.4. The summed E-state index contributed by atoms with van der Waals surface area (Å²) >= 11 is 0. The number of allylic oxidation sites excluding steroid dienone is 1. The zero-order valence-corrected chi connectivity index (χ0v) is 27.8. The molecule has 0 aliphatic carbocycles. The standard InChI is InChI=1S/C45H36O5/c1-31-27-42-45(40(47)28-41(50-42)35-20-24-38(25-21-35)49-30-34-13-7-3-8-14-34)44(36-15-9-4-10-16-36)43(31)39(46)26-19-32-17-22-37(23-18-32)48-29-33-11-5-2-6-12-33/h2-27,41H,28-30H2,1H3/b26-19+. The van der Waals surface area contributed by atoms with Gasteiger partial charge in [-0.05, 0) is 76.7 Å². The molecule has 7 rings (SSSR count). The molecule has 0 radical (unpaired) electrons. The minimum atomic E-state index is -0.456. The van der Waals surface area contributed by atoms with Gasteiger partial charge in [-0.3, -0.25) is 9.59 Å². The van der Waals surface area contributed by atoms with E-state index in [0.717, 1.165) is 44.9 Å². The predicted octanol–water partition coefficient (Wildman–Crippen LogP) is 10.4. The molecule has 0 amide bonds. The molecule has 0 fully saturated rings. The van der Waals surface area contributed by atoms with E-state index in [1.165, 1.54) is 0 Å². The lowest BCUT2D eigenvalue weighted by molar-refractivity contribution is 0.0851. The third-order valence-corrected chi connectivity index (χ3v) is 8.77. The van der Waals surface area contributed by atoms with E-state index in [4.69, 9.17) is 14.2 Å². The summed E-state index contributed by atoms with van der Waals surface area (Å²) in [5, 5.41) is 0. The minimum absolute atomic E-state index is 0.0661. The summed E-state index contributed by atoms with van der Waals surface area (Å²) in [4.78, 5) is 27.9. The summed E-state index contributed by atoms with van der Waals surface area (Å²) in [6.45, 7) is 2.84. The number of fused-ring (bicyclic) bond motifs is 1. The Balaban J connectivity index is 1.11. The summed E-state index contributed by atoms with van der Waals surface area (Å²) in [6.07, 6.45) is 3.06. The van der Waals surface area contributed by atoms with Crippen molar-refractivity contribution in [1.82, 2.24) is 0 Å². The molecule has 1 heterocycles. The van der Waals surface area contributed by atoms with E-state index in [0.29, 0.717) is 35.7 Å². The molecule has 0 N–H and O–H groups in total. The summed E-state index contributed by atoms with van der Waals surface area (Å²) in [5.74, 6) is 1.72. The van der Waals surface area contributed by atoms with Crippen molar-refractivity contribution in [2.45, 2.75) is 32.7 Å². The van der Waals surface area contributed by atoms with Crippen molar-refractivity contribution in [2.75, 3.05) is 0 Å². The summed E-state index contributed by atoms with van der Waals surface area (Å²) in [7, 11) is 0. The van der Waals surface area contributed by atoms with Gasteiger partial charge in [0, 0.05) is 11.1 Å². The highest BCUT2D eigenvalue weighted by molar-refractivity contribution is 6.17. The Morgan fingerprint density at radius 3 is 1.82 bits per heavy atom. The molecule has 0 aromatic heterocycles. The number of carbonyl (C=O) groups is 2. The Hall–Kier alpha value is -6.20. The number of rotatable bonds is 11. The van der Waals surface area contributed by atoms with Crippen molar-refractivity contribution in [1.29, 1.82) is 0 Å². The first-order valence-electron chi connectivity index (χ1n) is 16.7. The van der Waals surface area contributed by atoms with Crippen molar-refractivity contribution < 1.29 is 23.8 Å². The van der Waals surface area contributed by atoms with Crippen LogP contribution < -0.4 is 14.2 Å². The first-order chi connectivity index (χ1) is 24.5. The largest absolute Gasteiger partial charge is 0.489 e. The molecule has 1 aliphatic rings. The maximum Gasteiger partial charge on any atom is 0.186 e. The van der Waals surface area contributed by atoms with Gasteiger partial charge in [0.15, 0.2) is 11.6 Å². The highest BCUT2D eigenvalue weighted by atomic mass is 16.5. The number of hydrogen-bond donors (Lipinski definition) is 0. The number of carbonyl (C=O) groups excluding carboxylic acids is 2. The van der Waals surface area contributed by atoms with Gasteiger partial charge in [0.1, 0.15) is 36.6 Å². The molecule has 6 aromatic carbocycles. The van der Waals surface area contributed by atoms with Crippen LogP contribution in [0.1, 0.15) is 61.1 Å². The van der Waals surface area contributed by atoms with Gasteiger partial charge < -0.3 is 14.2 Å². The van der Waals surface area contributed by atoms with E-state index in [1.807, 2.05) is 153 Å². The second-order valence-corrected chi connectivity index (χ2v) is 12.3. The normalized spacial score (nSPS) is 13.8. The van der Waals surface area contributed by atoms with E-state index in [1.54, 1.807) is 12.2 Å². The topological polar surface area (TPSA) is 61.8 Å². The van der Waals surface area contributed by atoms with Crippen LogP contribution in [0.15, 0.2) is 152 Å². The van der Waals surface area contributed by atoms with Gasteiger partial charge in [-0.25, -0.2) is 0 Å². The van der Waals surface area contributed by atoms with Crippen LogP contribution in [0.4, 0.5) is 0 Å². The number of benzene rings is 6. The van der Waals surface area contributed by atoms with Gasteiger partial charge in [0.2, 0.25) is 0 Å². The number of Topliss-reactive ketones (excluding diaryl/α,β-unsaturated/α-hetero) is 1. The maximum atomic E-state index is 14.0. The third kappa shape index (κ3) is 7.43. The Kier molecular flexibility index (Phi) is 9.65. The molecular weight excluding hydrogens is 620 g/mol. The monoisotopic (exact) mass is 656 g/mol. The molecule has 6 aromatic rings. The van der Waals surface area contributed by atoms with E-state index < -0.39 is 6.10 Å². The molecule has 5 heteroatoms. The second kappa shape index (κ2) is 14.9. The van der Waals surface area contributed by atoms with Crippen molar-refractivity contribution >= 4 is 17.6 Å².